The third kappa shape index (κ3) is 2.84. The number of ether oxygens (including phenoxy) is 1. The van der Waals surface area contributed by atoms with E-state index in [4.69, 9.17) is 4.74 Å². The Balaban J connectivity index is 2.27. The van der Waals surface area contributed by atoms with E-state index in [2.05, 4.69) is 32.6 Å². The molecule has 2 heterocycles. The average Bonchev–Trinajstić information content (AvgIpc) is 2.93. The molecule has 0 aliphatic carbocycles. The van der Waals surface area contributed by atoms with Crippen molar-refractivity contribution in [1.82, 2.24) is 25.7 Å². The fraction of sp³-hybridized carbons (Fsp3) is 0.417. The van der Waals surface area contributed by atoms with Crippen molar-refractivity contribution in [3.05, 3.63) is 35.9 Å². The van der Waals surface area contributed by atoms with E-state index in [1.807, 2.05) is 12.3 Å². The normalized spacial score (nSPS) is 12.3. The van der Waals surface area contributed by atoms with Crippen LogP contribution in [0.2, 0.25) is 0 Å². The summed E-state index contributed by atoms with van der Waals surface area (Å²) in [6.45, 7) is 3.02. The van der Waals surface area contributed by atoms with Gasteiger partial charge in [-0.25, -0.2) is 0 Å². The number of aromatic amines is 1. The molecule has 6 heteroatoms. The number of methoxy groups -OCH3 is 1. The lowest BCUT2D eigenvalue weighted by Gasteiger charge is -2.16. The van der Waals surface area contributed by atoms with Crippen LogP contribution in [0.3, 0.4) is 0 Å². The average molecular weight is 247 g/mol. The second kappa shape index (κ2) is 6.11. The molecule has 0 aromatic carbocycles. The minimum Gasteiger partial charge on any atom is -0.495 e. The van der Waals surface area contributed by atoms with Crippen molar-refractivity contribution in [2.45, 2.75) is 19.4 Å². The quantitative estimate of drug-likeness (QED) is 0.804. The molecule has 1 atom stereocenters. The lowest BCUT2D eigenvalue weighted by atomic mass is 10.1. The molecule has 6 nitrogen and oxygen atoms in total. The fourth-order valence-corrected chi connectivity index (χ4v) is 1.74. The number of nitrogens with zero attached hydrogens (tertiary/aromatic N) is 3. The van der Waals surface area contributed by atoms with Crippen molar-refractivity contribution < 1.29 is 4.74 Å². The monoisotopic (exact) mass is 247 g/mol. The van der Waals surface area contributed by atoms with Crippen LogP contribution in [-0.4, -0.2) is 34.0 Å². The van der Waals surface area contributed by atoms with E-state index < -0.39 is 0 Å². The Labute approximate surface area is 106 Å². The van der Waals surface area contributed by atoms with Gasteiger partial charge in [0.05, 0.1) is 25.5 Å². The largest absolute Gasteiger partial charge is 0.495 e. The molecule has 0 spiro atoms. The molecule has 0 radical (unpaired) electrons. The Morgan fingerprint density at radius 3 is 2.94 bits per heavy atom. The van der Waals surface area contributed by atoms with Crippen LogP contribution in [0.5, 0.6) is 5.75 Å². The first kappa shape index (κ1) is 12.5. The molecule has 2 aromatic rings. The molecule has 0 aliphatic heterocycles. The highest BCUT2D eigenvalue weighted by atomic mass is 16.5. The van der Waals surface area contributed by atoms with E-state index in [1.54, 1.807) is 19.5 Å². The highest BCUT2D eigenvalue weighted by molar-refractivity contribution is 5.30. The molecule has 2 aromatic heterocycles. The fourth-order valence-electron chi connectivity index (χ4n) is 1.74. The summed E-state index contributed by atoms with van der Waals surface area (Å²) in [5, 5.41) is 14.0. The maximum Gasteiger partial charge on any atom is 0.137 e. The molecule has 0 saturated heterocycles. The number of hydrogen-bond acceptors (Lipinski definition) is 5. The summed E-state index contributed by atoms with van der Waals surface area (Å²) < 4.78 is 5.19. The summed E-state index contributed by atoms with van der Waals surface area (Å²) >= 11 is 0. The number of nitrogens with one attached hydrogen (secondary N) is 2. The van der Waals surface area contributed by atoms with Crippen molar-refractivity contribution in [2.24, 2.45) is 0 Å². The number of pyridine rings is 1. The van der Waals surface area contributed by atoms with Gasteiger partial charge in [0.25, 0.3) is 0 Å². The maximum absolute atomic E-state index is 5.19. The van der Waals surface area contributed by atoms with E-state index in [0.29, 0.717) is 0 Å². The van der Waals surface area contributed by atoms with E-state index in [1.165, 1.54) is 0 Å². The first-order chi connectivity index (χ1) is 8.85. The minimum absolute atomic E-state index is 0.0219. The predicted octanol–water partition coefficient (Wildman–Crippen LogP) is 1.30. The van der Waals surface area contributed by atoms with Gasteiger partial charge in [-0.15, -0.1) is 0 Å². The van der Waals surface area contributed by atoms with Crippen molar-refractivity contribution >= 4 is 0 Å². The molecular formula is C12H17N5O. The van der Waals surface area contributed by atoms with Crippen LogP contribution < -0.4 is 10.1 Å². The topological polar surface area (TPSA) is 75.7 Å². The van der Waals surface area contributed by atoms with Gasteiger partial charge in [-0.3, -0.25) is 4.98 Å². The molecule has 96 valence electrons. The van der Waals surface area contributed by atoms with Crippen LogP contribution in [0, 0.1) is 0 Å². The van der Waals surface area contributed by atoms with E-state index in [0.717, 1.165) is 30.0 Å². The molecule has 0 amide bonds. The molecule has 0 bridgehead atoms. The second-order valence-corrected chi connectivity index (χ2v) is 3.94. The predicted molar refractivity (Wildman–Crippen MR) is 67.3 cm³/mol. The van der Waals surface area contributed by atoms with Crippen LogP contribution in [0.15, 0.2) is 24.7 Å². The van der Waals surface area contributed by atoms with Crippen molar-refractivity contribution in [1.29, 1.82) is 0 Å². The summed E-state index contributed by atoms with van der Waals surface area (Å²) in [6.07, 6.45) is 6.26. The van der Waals surface area contributed by atoms with Gasteiger partial charge in [0.15, 0.2) is 0 Å². The number of aromatic nitrogens is 4. The van der Waals surface area contributed by atoms with Gasteiger partial charge < -0.3 is 10.1 Å². The highest BCUT2D eigenvalue weighted by Crippen LogP contribution is 2.22. The number of H-pyrrole nitrogens is 1. The van der Waals surface area contributed by atoms with Gasteiger partial charge in [-0.1, -0.05) is 6.92 Å². The Morgan fingerprint density at radius 2 is 2.28 bits per heavy atom. The van der Waals surface area contributed by atoms with Gasteiger partial charge in [0.1, 0.15) is 11.4 Å². The van der Waals surface area contributed by atoms with Crippen molar-refractivity contribution in [3.63, 3.8) is 0 Å². The SMILES string of the molecule is CCCNC(c1cncc(OC)c1)c1cn[nH]n1. The maximum atomic E-state index is 5.19. The zero-order chi connectivity index (χ0) is 12.8. The van der Waals surface area contributed by atoms with Crippen molar-refractivity contribution in [3.8, 4) is 5.75 Å². The summed E-state index contributed by atoms with van der Waals surface area (Å²) in [4.78, 5) is 4.17. The van der Waals surface area contributed by atoms with Crippen LogP contribution in [-0.2, 0) is 0 Å². The van der Waals surface area contributed by atoms with Crippen LogP contribution >= 0.6 is 0 Å². The summed E-state index contributed by atoms with van der Waals surface area (Å²) in [7, 11) is 1.63. The van der Waals surface area contributed by atoms with E-state index >= 15 is 0 Å². The lowest BCUT2D eigenvalue weighted by molar-refractivity contribution is 0.411. The molecular weight excluding hydrogens is 230 g/mol. The Bertz CT molecular complexity index is 471. The molecule has 2 N–H and O–H groups in total. The molecule has 0 saturated carbocycles. The Morgan fingerprint density at radius 1 is 1.39 bits per heavy atom. The third-order valence-corrected chi connectivity index (χ3v) is 2.63. The van der Waals surface area contributed by atoms with Crippen LogP contribution in [0.1, 0.15) is 30.6 Å². The van der Waals surface area contributed by atoms with Gasteiger partial charge in [-0.05, 0) is 24.6 Å². The van der Waals surface area contributed by atoms with Gasteiger partial charge in [0, 0.05) is 6.20 Å². The second-order valence-electron chi connectivity index (χ2n) is 3.94. The summed E-state index contributed by atoms with van der Waals surface area (Å²) in [5.41, 5.74) is 1.86. The van der Waals surface area contributed by atoms with Gasteiger partial charge >= 0.3 is 0 Å². The van der Waals surface area contributed by atoms with Gasteiger partial charge in [0.2, 0.25) is 0 Å². The molecule has 0 fully saturated rings. The first-order valence-corrected chi connectivity index (χ1v) is 5.93. The minimum atomic E-state index is -0.0219. The third-order valence-electron chi connectivity index (χ3n) is 2.63. The van der Waals surface area contributed by atoms with E-state index in [-0.39, 0.29) is 6.04 Å². The number of rotatable bonds is 6. The molecule has 2 rings (SSSR count). The summed E-state index contributed by atoms with van der Waals surface area (Å²) in [6, 6.07) is 1.93. The molecule has 1 unspecified atom stereocenters. The summed E-state index contributed by atoms with van der Waals surface area (Å²) in [5.74, 6) is 0.735. The Kier molecular flexibility index (Phi) is 4.25. The van der Waals surface area contributed by atoms with Gasteiger partial charge in [-0.2, -0.15) is 15.4 Å². The van der Waals surface area contributed by atoms with Crippen LogP contribution in [0.25, 0.3) is 0 Å². The standard InChI is InChI=1S/C12H17N5O/c1-3-4-14-12(11-8-15-17-16-11)9-5-10(18-2)7-13-6-9/h5-8,12,14H,3-4H2,1-2H3,(H,15,16,17). The zero-order valence-corrected chi connectivity index (χ0v) is 10.6. The lowest BCUT2D eigenvalue weighted by Crippen LogP contribution is -2.23. The highest BCUT2D eigenvalue weighted by Gasteiger charge is 2.16. The van der Waals surface area contributed by atoms with Crippen LogP contribution in [0.4, 0.5) is 0 Å². The molecule has 0 aliphatic rings. The smallest absolute Gasteiger partial charge is 0.137 e. The Hall–Kier alpha value is -1.95. The van der Waals surface area contributed by atoms with E-state index in [9.17, 15) is 0 Å². The first-order valence-electron chi connectivity index (χ1n) is 5.93. The number of hydrogen-bond donors (Lipinski definition) is 2. The zero-order valence-electron chi connectivity index (χ0n) is 10.6. The van der Waals surface area contributed by atoms with Crippen molar-refractivity contribution in [2.75, 3.05) is 13.7 Å². The molecule has 18 heavy (non-hydrogen) atoms.